The van der Waals surface area contributed by atoms with Gasteiger partial charge in [-0.1, -0.05) is 37.6 Å². The van der Waals surface area contributed by atoms with E-state index in [1.807, 2.05) is 19.1 Å². The highest BCUT2D eigenvalue weighted by Crippen LogP contribution is 2.42. The van der Waals surface area contributed by atoms with Gasteiger partial charge >= 0.3 is 5.97 Å². The van der Waals surface area contributed by atoms with E-state index in [0.29, 0.717) is 43.9 Å². The average molecular weight is 576 g/mol. The zero-order chi connectivity index (χ0) is 30.2. The molecule has 2 saturated heterocycles. The van der Waals surface area contributed by atoms with Crippen molar-refractivity contribution in [3.63, 3.8) is 0 Å². The molecule has 10 heteroatoms. The Labute approximate surface area is 244 Å². The quantitative estimate of drug-likeness (QED) is 0.120. The lowest BCUT2D eigenvalue weighted by Crippen LogP contribution is -2.52. The Kier molecular flexibility index (Phi) is 12.1. The Balaban J connectivity index is 1.49. The molecule has 2 heterocycles. The second kappa shape index (κ2) is 15.1. The number of nitrogens with two attached hydrogens (primary N) is 1. The molecule has 0 radical (unpaired) electrons. The maximum absolute atomic E-state index is 12.4. The molecule has 1 spiro atoms. The fourth-order valence-corrected chi connectivity index (χ4v) is 5.89. The third kappa shape index (κ3) is 10.1. The number of aliphatic hydroxyl groups is 1. The zero-order valence-corrected chi connectivity index (χ0v) is 25.1. The van der Waals surface area contributed by atoms with Crippen LogP contribution < -0.4 is 16.4 Å². The molecule has 0 aromatic carbocycles. The molecular formula is C31H49N3O7. The molecule has 0 aromatic rings. The van der Waals surface area contributed by atoms with Crippen LogP contribution in [-0.2, 0) is 28.6 Å². The van der Waals surface area contributed by atoms with E-state index in [-0.39, 0.29) is 36.4 Å². The highest BCUT2D eigenvalue weighted by molar-refractivity contribution is 5.87. The van der Waals surface area contributed by atoms with E-state index >= 15 is 0 Å². The molecule has 1 saturated carbocycles. The summed E-state index contributed by atoms with van der Waals surface area (Å²) < 4.78 is 16.8. The van der Waals surface area contributed by atoms with Gasteiger partial charge in [-0.15, -0.1) is 0 Å². The fourth-order valence-electron chi connectivity index (χ4n) is 5.89. The van der Waals surface area contributed by atoms with Crippen LogP contribution in [-0.4, -0.2) is 78.6 Å². The molecule has 1 aliphatic carbocycles. The molecule has 2 amide bonds. The number of carbonyl (C=O) groups excluding carboxylic acids is 3. The molecule has 3 aliphatic rings. The molecule has 41 heavy (non-hydrogen) atoms. The van der Waals surface area contributed by atoms with Crippen LogP contribution in [0.15, 0.2) is 36.0 Å². The first-order chi connectivity index (χ1) is 19.4. The van der Waals surface area contributed by atoms with Crippen molar-refractivity contribution in [1.29, 1.82) is 0 Å². The minimum Gasteiger partial charge on any atom is -0.459 e. The molecule has 3 fully saturated rings. The number of ether oxygens (including phenoxy) is 3. The fraction of sp³-hybridized carbons (Fsp3) is 0.710. The molecular weight excluding hydrogens is 526 g/mol. The number of hydrogen-bond acceptors (Lipinski definition) is 8. The molecule has 3 rings (SSSR count). The van der Waals surface area contributed by atoms with Gasteiger partial charge in [0.05, 0.1) is 12.7 Å². The summed E-state index contributed by atoms with van der Waals surface area (Å²) in [6, 6.07) is 0.0994. The first-order valence-corrected chi connectivity index (χ1v) is 14.9. The highest BCUT2D eigenvalue weighted by atomic mass is 16.6. The number of esters is 1. The lowest BCUT2D eigenvalue weighted by atomic mass is 9.71. The van der Waals surface area contributed by atoms with Gasteiger partial charge in [0.15, 0.2) is 0 Å². The van der Waals surface area contributed by atoms with Gasteiger partial charge in [-0.3, -0.25) is 14.4 Å². The van der Waals surface area contributed by atoms with Gasteiger partial charge in [0.2, 0.25) is 11.8 Å². The van der Waals surface area contributed by atoms with Crippen molar-refractivity contribution >= 4 is 17.8 Å². The summed E-state index contributed by atoms with van der Waals surface area (Å²) >= 11 is 0. The highest BCUT2D eigenvalue weighted by Gasteiger charge is 2.58. The number of rotatable bonds is 12. The van der Waals surface area contributed by atoms with Crippen molar-refractivity contribution < 1.29 is 33.7 Å². The van der Waals surface area contributed by atoms with Crippen LogP contribution in [0.25, 0.3) is 0 Å². The first kappa shape index (κ1) is 33.0. The number of aliphatic hydroxyl groups excluding tert-OH is 1. The number of carbonyl (C=O) groups is 3. The van der Waals surface area contributed by atoms with Crippen LogP contribution >= 0.6 is 0 Å². The van der Waals surface area contributed by atoms with Gasteiger partial charge in [-0.25, -0.2) is 0 Å². The van der Waals surface area contributed by atoms with Gasteiger partial charge in [0.1, 0.15) is 23.9 Å². The van der Waals surface area contributed by atoms with Crippen LogP contribution in [0.2, 0.25) is 0 Å². The smallest absolute Gasteiger partial charge is 0.303 e. The van der Waals surface area contributed by atoms with Crippen LogP contribution in [0.4, 0.5) is 0 Å². The van der Waals surface area contributed by atoms with Gasteiger partial charge in [-0.05, 0) is 56.9 Å². The second-order valence-corrected chi connectivity index (χ2v) is 12.1. The van der Waals surface area contributed by atoms with Crippen LogP contribution in [0, 0.1) is 17.8 Å². The summed E-state index contributed by atoms with van der Waals surface area (Å²) in [5.74, 6) is 0.631. The topological polar surface area (TPSA) is 153 Å². The van der Waals surface area contributed by atoms with Crippen LogP contribution in [0.5, 0.6) is 0 Å². The molecule has 0 bridgehead atoms. The number of amides is 2. The van der Waals surface area contributed by atoms with E-state index in [1.54, 1.807) is 13.0 Å². The largest absolute Gasteiger partial charge is 0.459 e. The zero-order valence-electron chi connectivity index (χ0n) is 25.1. The average Bonchev–Trinajstić information content (AvgIpc) is 3.68. The second-order valence-electron chi connectivity index (χ2n) is 12.1. The third-order valence-electron chi connectivity index (χ3n) is 8.47. The van der Waals surface area contributed by atoms with Crippen molar-refractivity contribution in [2.75, 3.05) is 19.7 Å². The SMILES string of the molecule is CC(=O)O[C@@H](C)/C=C\C(=O)N[C@@H]1C[C@H](C)[C@H](C/C=C(C)/C=C/[C@H]2O[C@H](CNC(=O)CCN)C[C@@]3(CO3)[C@@H]2O)C[C@@H]1C. The molecule has 0 unspecified atom stereocenters. The monoisotopic (exact) mass is 575 g/mol. The lowest BCUT2D eigenvalue weighted by molar-refractivity contribution is -0.143. The molecule has 10 nitrogen and oxygen atoms in total. The Morgan fingerprint density at radius 3 is 2.56 bits per heavy atom. The minimum atomic E-state index is -0.756. The van der Waals surface area contributed by atoms with E-state index in [4.69, 9.17) is 19.9 Å². The number of allylic oxidation sites excluding steroid dienone is 3. The maximum atomic E-state index is 12.4. The molecule has 2 aliphatic heterocycles. The van der Waals surface area contributed by atoms with Crippen molar-refractivity contribution in [1.82, 2.24) is 10.6 Å². The molecule has 9 atom stereocenters. The first-order valence-electron chi connectivity index (χ1n) is 14.9. The Morgan fingerprint density at radius 2 is 1.90 bits per heavy atom. The Hall–Kier alpha value is -2.53. The summed E-state index contributed by atoms with van der Waals surface area (Å²) in [6.07, 6.45) is 10.8. The Bertz CT molecular complexity index is 1010. The van der Waals surface area contributed by atoms with E-state index in [2.05, 4.69) is 30.6 Å². The summed E-state index contributed by atoms with van der Waals surface area (Å²) in [5.41, 5.74) is 5.95. The van der Waals surface area contributed by atoms with Crippen molar-refractivity contribution in [2.24, 2.45) is 23.5 Å². The normalized spacial score (nSPS) is 34.5. The molecule has 0 aromatic heterocycles. The van der Waals surface area contributed by atoms with E-state index in [0.717, 1.165) is 24.8 Å². The van der Waals surface area contributed by atoms with Crippen molar-refractivity contribution in [3.05, 3.63) is 36.0 Å². The van der Waals surface area contributed by atoms with Gasteiger partial charge in [0.25, 0.3) is 0 Å². The lowest BCUT2D eigenvalue weighted by Gasteiger charge is -2.39. The van der Waals surface area contributed by atoms with Crippen LogP contribution in [0.1, 0.15) is 66.7 Å². The van der Waals surface area contributed by atoms with E-state index in [9.17, 15) is 19.5 Å². The number of epoxide rings is 1. The van der Waals surface area contributed by atoms with E-state index in [1.165, 1.54) is 13.0 Å². The molecule has 230 valence electrons. The maximum Gasteiger partial charge on any atom is 0.303 e. The minimum absolute atomic E-state index is 0.0994. The van der Waals surface area contributed by atoms with Gasteiger partial charge in [0, 0.05) is 45.0 Å². The van der Waals surface area contributed by atoms with E-state index < -0.39 is 23.9 Å². The van der Waals surface area contributed by atoms with Gasteiger partial charge < -0.3 is 35.7 Å². The van der Waals surface area contributed by atoms with Gasteiger partial charge in [-0.2, -0.15) is 0 Å². The number of hydrogen-bond donors (Lipinski definition) is 4. The summed E-state index contributed by atoms with van der Waals surface area (Å²) in [4.78, 5) is 35.3. The predicted molar refractivity (Wildman–Crippen MR) is 156 cm³/mol. The number of nitrogens with one attached hydrogen (secondary N) is 2. The summed E-state index contributed by atoms with van der Waals surface area (Å²) in [7, 11) is 0. The Morgan fingerprint density at radius 1 is 1.17 bits per heavy atom. The summed E-state index contributed by atoms with van der Waals surface area (Å²) in [6.45, 7) is 10.7. The molecule has 5 N–H and O–H groups in total. The third-order valence-corrected chi connectivity index (χ3v) is 8.47. The van der Waals surface area contributed by atoms with Crippen LogP contribution in [0.3, 0.4) is 0 Å². The van der Waals surface area contributed by atoms with Crippen molar-refractivity contribution in [2.45, 2.75) is 103 Å². The standard InChI is InChI=1S/C31H49N3O7/c1-19(7-10-27-30(38)31(18-39-31)16-25(41-27)17-33-28(36)12-13-32)6-9-24-14-21(3)26(15-20(24)2)34-29(37)11-8-22(4)40-23(5)35/h6-8,10-11,20-22,24-27,30,38H,9,12-18,32H2,1-5H3,(H,33,36)(H,34,37)/b10-7+,11-8-,19-6+/t20-,21-,22-,24+,25-,26+,27+,30+,31+/m0/s1. The summed E-state index contributed by atoms with van der Waals surface area (Å²) in [5, 5.41) is 16.8. The van der Waals surface area contributed by atoms with Crippen molar-refractivity contribution in [3.8, 4) is 0 Å². The predicted octanol–water partition coefficient (Wildman–Crippen LogP) is 2.31.